The standard InChI is InChI=1S/C4H7N3O2S/c8-3-5-1-2-7(3)4(9)6-10/h10H,1-2H2,(H,5,8)(H,6,9). The molecule has 0 aromatic rings. The second-order valence-electron chi connectivity index (χ2n) is 1.80. The van der Waals surface area contributed by atoms with Gasteiger partial charge in [-0.1, -0.05) is 12.8 Å². The molecule has 10 heavy (non-hydrogen) atoms. The van der Waals surface area contributed by atoms with Crippen molar-refractivity contribution in [1.82, 2.24) is 14.9 Å². The van der Waals surface area contributed by atoms with Crippen LogP contribution >= 0.6 is 12.8 Å². The van der Waals surface area contributed by atoms with E-state index < -0.39 is 6.03 Å². The van der Waals surface area contributed by atoms with Crippen molar-refractivity contribution in [1.29, 1.82) is 0 Å². The van der Waals surface area contributed by atoms with Crippen LogP contribution in [-0.2, 0) is 0 Å². The van der Waals surface area contributed by atoms with Gasteiger partial charge in [0.25, 0.3) is 0 Å². The molecule has 6 heteroatoms. The Bertz CT molecular complexity index is 172. The van der Waals surface area contributed by atoms with Gasteiger partial charge in [0.05, 0.1) is 0 Å². The molecule has 5 nitrogen and oxygen atoms in total. The molecule has 56 valence electrons. The molecule has 0 bridgehead atoms. The average molecular weight is 161 g/mol. The lowest BCUT2D eigenvalue weighted by atomic mass is 10.6. The van der Waals surface area contributed by atoms with Crippen molar-refractivity contribution in [2.75, 3.05) is 13.1 Å². The smallest absolute Gasteiger partial charge is 0.335 e. The van der Waals surface area contributed by atoms with E-state index in [0.29, 0.717) is 13.1 Å². The molecular weight excluding hydrogens is 154 g/mol. The third kappa shape index (κ3) is 1.15. The van der Waals surface area contributed by atoms with E-state index in [9.17, 15) is 9.59 Å². The molecule has 0 aliphatic carbocycles. The van der Waals surface area contributed by atoms with Crippen molar-refractivity contribution < 1.29 is 9.59 Å². The van der Waals surface area contributed by atoms with Crippen LogP contribution in [0.15, 0.2) is 0 Å². The van der Waals surface area contributed by atoms with Crippen LogP contribution in [0.3, 0.4) is 0 Å². The number of nitrogens with zero attached hydrogens (tertiary/aromatic N) is 1. The predicted molar refractivity (Wildman–Crippen MR) is 37.6 cm³/mol. The summed E-state index contributed by atoms with van der Waals surface area (Å²) in [5.74, 6) is 0. The van der Waals surface area contributed by atoms with Crippen LogP contribution < -0.4 is 10.0 Å². The molecular formula is C4H7N3O2S. The van der Waals surface area contributed by atoms with E-state index in [-0.39, 0.29) is 6.03 Å². The molecule has 0 atom stereocenters. The minimum Gasteiger partial charge on any atom is -0.336 e. The number of carbonyl (C=O) groups excluding carboxylic acids is 2. The first-order valence-corrected chi connectivity index (χ1v) is 3.20. The molecule has 0 saturated carbocycles. The highest BCUT2D eigenvalue weighted by Gasteiger charge is 2.24. The molecule has 1 fully saturated rings. The second-order valence-corrected chi connectivity index (χ2v) is 2.02. The summed E-state index contributed by atoms with van der Waals surface area (Å²) in [5, 5.41) is 2.48. The first kappa shape index (κ1) is 7.20. The third-order valence-electron chi connectivity index (χ3n) is 1.20. The maximum absolute atomic E-state index is 10.7. The number of carbonyl (C=O) groups is 2. The number of urea groups is 2. The molecule has 1 aliphatic heterocycles. The summed E-state index contributed by atoms with van der Waals surface area (Å²) in [5.41, 5.74) is 0. The number of nitrogens with one attached hydrogen (secondary N) is 2. The van der Waals surface area contributed by atoms with E-state index >= 15 is 0 Å². The lowest BCUT2D eigenvalue weighted by molar-refractivity contribution is 0.203. The molecule has 4 amide bonds. The Hall–Kier alpha value is -0.910. The van der Waals surface area contributed by atoms with Gasteiger partial charge in [-0.3, -0.25) is 4.72 Å². The second kappa shape index (κ2) is 2.78. The number of hydrogen-bond donors (Lipinski definition) is 3. The van der Waals surface area contributed by atoms with Crippen molar-refractivity contribution in [3.63, 3.8) is 0 Å². The zero-order chi connectivity index (χ0) is 7.56. The fraction of sp³-hybridized carbons (Fsp3) is 0.500. The first-order chi connectivity index (χ1) is 4.75. The molecule has 1 rings (SSSR count). The zero-order valence-corrected chi connectivity index (χ0v) is 6.02. The fourth-order valence-electron chi connectivity index (χ4n) is 0.726. The van der Waals surface area contributed by atoms with E-state index in [4.69, 9.17) is 0 Å². The Morgan fingerprint density at radius 2 is 2.50 bits per heavy atom. The normalized spacial score (nSPS) is 16.9. The SMILES string of the molecule is O=C(NS)N1CCNC1=O. The van der Waals surface area contributed by atoms with E-state index in [1.54, 1.807) is 0 Å². The highest BCUT2D eigenvalue weighted by atomic mass is 32.1. The average Bonchev–Trinajstić information content (AvgIpc) is 2.34. The minimum absolute atomic E-state index is 0.369. The Labute approximate surface area is 63.3 Å². The number of thiol groups is 1. The first-order valence-electron chi connectivity index (χ1n) is 2.75. The van der Waals surface area contributed by atoms with Crippen LogP contribution in [0.25, 0.3) is 0 Å². The van der Waals surface area contributed by atoms with Crippen LogP contribution in [-0.4, -0.2) is 30.1 Å². The van der Waals surface area contributed by atoms with Gasteiger partial charge in [0.1, 0.15) is 0 Å². The number of amides is 4. The highest BCUT2D eigenvalue weighted by molar-refractivity contribution is 7.78. The van der Waals surface area contributed by atoms with Gasteiger partial charge < -0.3 is 5.32 Å². The van der Waals surface area contributed by atoms with E-state index in [1.165, 1.54) is 0 Å². The molecule has 1 saturated heterocycles. The van der Waals surface area contributed by atoms with E-state index in [1.807, 2.05) is 0 Å². The topological polar surface area (TPSA) is 61.4 Å². The summed E-state index contributed by atoms with van der Waals surface area (Å²) in [6.45, 7) is 0.922. The lowest BCUT2D eigenvalue weighted by Gasteiger charge is -2.08. The van der Waals surface area contributed by atoms with Crippen molar-refractivity contribution in [2.45, 2.75) is 0 Å². The molecule has 0 spiro atoms. The van der Waals surface area contributed by atoms with Gasteiger partial charge in [-0.15, -0.1) is 0 Å². The van der Waals surface area contributed by atoms with Crippen LogP contribution in [0.2, 0.25) is 0 Å². The number of hydrogen-bond acceptors (Lipinski definition) is 3. The third-order valence-corrected chi connectivity index (χ3v) is 1.39. The Kier molecular flexibility index (Phi) is 2.00. The monoisotopic (exact) mass is 161 g/mol. The minimum atomic E-state index is -0.488. The summed E-state index contributed by atoms with van der Waals surface area (Å²) in [6, 6.07) is -0.857. The summed E-state index contributed by atoms with van der Waals surface area (Å²) in [7, 11) is 0. The van der Waals surface area contributed by atoms with E-state index in [0.717, 1.165) is 4.90 Å². The molecule has 0 unspecified atom stereocenters. The van der Waals surface area contributed by atoms with Gasteiger partial charge in [0.15, 0.2) is 0 Å². The predicted octanol–water partition coefficient (Wildman–Crippen LogP) is -0.434. The maximum Gasteiger partial charge on any atom is 0.335 e. The molecule has 2 N–H and O–H groups in total. The summed E-state index contributed by atoms with van der Waals surface area (Å²) < 4.78 is 2.06. The summed E-state index contributed by atoms with van der Waals surface area (Å²) in [4.78, 5) is 22.4. The van der Waals surface area contributed by atoms with Crippen LogP contribution in [0, 0.1) is 0 Å². The van der Waals surface area contributed by atoms with Crippen molar-refractivity contribution in [3.8, 4) is 0 Å². The summed E-state index contributed by atoms with van der Waals surface area (Å²) >= 11 is 3.51. The molecule has 1 aliphatic rings. The fourth-order valence-corrected chi connectivity index (χ4v) is 0.846. The lowest BCUT2D eigenvalue weighted by Crippen LogP contribution is -2.38. The van der Waals surface area contributed by atoms with Gasteiger partial charge in [-0.05, 0) is 0 Å². The van der Waals surface area contributed by atoms with Crippen molar-refractivity contribution >= 4 is 24.9 Å². The van der Waals surface area contributed by atoms with E-state index in [2.05, 4.69) is 22.9 Å². The van der Waals surface area contributed by atoms with Gasteiger partial charge >= 0.3 is 12.1 Å². The van der Waals surface area contributed by atoms with Crippen molar-refractivity contribution in [2.24, 2.45) is 0 Å². The van der Waals surface area contributed by atoms with Gasteiger partial charge in [-0.2, -0.15) is 0 Å². The number of rotatable bonds is 0. The van der Waals surface area contributed by atoms with Crippen LogP contribution in [0.4, 0.5) is 9.59 Å². The summed E-state index contributed by atoms with van der Waals surface area (Å²) in [6.07, 6.45) is 0. The Morgan fingerprint density at radius 1 is 1.80 bits per heavy atom. The highest BCUT2D eigenvalue weighted by Crippen LogP contribution is 1.96. The quantitative estimate of drug-likeness (QED) is 0.422. The van der Waals surface area contributed by atoms with Gasteiger partial charge in [0.2, 0.25) is 0 Å². The molecule has 0 aromatic heterocycles. The van der Waals surface area contributed by atoms with Crippen LogP contribution in [0.1, 0.15) is 0 Å². The Balaban J connectivity index is 2.55. The molecule has 0 aromatic carbocycles. The maximum atomic E-state index is 10.7. The zero-order valence-electron chi connectivity index (χ0n) is 5.13. The Morgan fingerprint density at radius 3 is 2.90 bits per heavy atom. The molecule has 1 heterocycles. The number of imide groups is 1. The molecule has 0 radical (unpaired) electrons. The van der Waals surface area contributed by atoms with Crippen molar-refractivity contribution in [3.05, 3.63) is 0 Å². The van der Waals surface area contributed by atoms with Gasteiger partial charge in [-0.25, -0.2) is 14.5 Å². The van der Waals surface area contributed by atoms with Gasteiger partial charge in [0, 0.05) is 13.1 Å². The van der Waals surface area contributed by atoms with Crippen LogP contribution in [0.5, 0.6) is 0 Å². The largest absolute Gasteiger partial charge is 0.336 e.